The molecule has 0 aliphatic rings. The fourth-order valence-electron chi connectivity index (χ4n) is 2.73. The fourth-order valence-corrected chi connectivity index (χ4v) is 2.73. The lowest BCUT2D eigenvalue weighted by atomic mass is 10.0. The van der Waals surface area contributed by atoms with Gasteiger partial charge in [0.05, 0.1) is 17.4 Å². The molecule has 0 aliphatic carbocycles. The first kappa shape index (κ1) is 24.3. The second kappa shape index (κ2) is 12.0. The Morgan fingerprint density at radius 3 is 2.31 bits per heavy atom. The number of alkyl carbamates (subject to hydrolysis) is 1. The van der Waals surface area contributed by atoms with Crippen molar-refractivity contribution in [3.05, 3.63) is 75.8 Å². The molecule has 0 spiro atoms. The smallest absolute Gasteiger partial charge is 0.407 e. The Hall–Kier alpha value is -3.99. The van der Waals surface area contributed by atoms with Crippen molar-refractivity contribution in [3.8, 4) is 0 Å². The number of ether oxygens (including phenoxy) is 1. The number of carbonyl (C=O) groups is 3. The lowest BCUT2D eigenvalue weighted by Crippen LogP contribution is -2.47. The lowest BCUT2D eigenvalue weighted by molar-refractivity contribution is -0.384. The van der Waals surface area contributed by atoms with E-state index in [0.717, 1.165) is 5.56 Å². The molecule has 0 saturated carbocycles. The summed E-state index contributed by atoms with van der Waals surface area (Å²) in [7, 11) is 0. The van der Waals surface area contributed by atoms with E-state index in [0.29, 0.717) is 5.56 Å². The molecule has 0 radical (unpaired) electrons. The topological polar surface area (TPSA) is 174 Å². The first-order chi connectivity index (χ1) is 15.2. The van der Waals surface area contributed by atoms with E-state index in [9.17, 15) is 29.6 Å². The third-order valence-electron chi connectivity index (χ3n) is 4.38. The van der Waals surface area contributed by atoms with Crippen LogP contribution in [0, 0.1) is 10.1 Å². The molecule has 0 bridgehead atoms. The van der Waals surface area contributed by atoms with Gasteiger partial charge in [-0.05, 0) is 11.1 Å². The van der Waals surface area contributed by atoms with Gasteiger partial charge in [0.15, 0.2) is 0 Å². The largest absolute Gasteiger partial charge is 0.445 e. The van der Waals surface area contributed by atoms with Gasteiger partial charge < -0.3 is 26.2 Å². The summed E-state index contributed by atoms with van der Waals surface area (Å²) in [5.74, 6) is -1.45. The number of nitrogens with two attached hydrogens (primary N) is 1. The van der Waals surface area contributed by atoms with E-state index in [4.69, 9.17) is 10.5 Å². The quantitative estimate of drug-likeness (QED) is 0.293. The van der Waals surface area contributed by atoms with Crippen LogP contribution in [0.4, 0.5) is 10.5 Å². The van der Waals surface area contributed by atoms with Gasteiger partial charge in [-0.1, -0.05) is 42.5 Å². The number of nitrogens with one attached hydrogen (secondary N) is 2. The normalized spacial score (nSPS) is 12.3. The van der Waals surface area contributed by atoms with Crippen molar-refractivity contribution >= 4 is 23.6 Å². The van der Waals surface area contributed by atoms with Crippen molar-refractivity contribution in [2.45, 2.75) is 31.6 Å². The van der Waals surface area contributed by atoms with Crippen molar-refractivity contribution in [3.63, 3.8) is 0 Å². The van der Waals surface area contributed by atoms with Crippen LogP contribution in [0.2, 0.25) is 0 Å². The molecule has 2 aromatic carbocycles. The Bertz CT molecular complexity index is 935. The summed E-state index contributed by atoms with van der Waals surface area (Å²) in [4.78, 5) is 45.7. The van der Waals surface area contributed by atoms with Crippen LogP contribution in [-0.2, 0) is 27.4 Å². The molecule has 5 N–H and O–H groups in total. The molecule has 0 unspecified atom stereocenters. The van der Waals surface area contributed by atoms with E-state index < -0.39 is 35.0 Å². The number of nitro benzene ring substituents is 1. The SMILES string of the molecule is NC(=O)[C@@H](Cc1ccc([N+](=O)[O-])cc1)NC(=O)C[C@H](O)CNC(=O)OCc1ccccc1. The number of amides is 3. The van der Waals surface area contributed by atoms with E-state index in [1.165, 1.54) is 24.3 Å². The number of carbonyl (C=O) groups excluding carboxylic acids is 3. The third kappa shape index (κ3) is 8.40. The van der Waals surface area contributed by atoms with Crippen molar-refractivity contribution in [2.75, 3.05) is 6.54 Å². The average molecular weight is 444 g/mol. The number of benzene rings is 2. The van der Waals surface area contributed by atoms with Crippen molar-refractivity contribution in [2.24, 2.45) is 5.73 Å². The number of primary amides is 1. The number of nitro groups is 1. The van der Waals surface area contributed by atoms with E-state index in [1.807, 2.05) is 6.07 Å². The van der Waals surface area contributed by atoms with Gasteiger partial charge in [-0.15, -0.1) is 0 Å². The predicted octanol–water partition coefficient (Wildman–Crippen LogP) is 0.785. The van der Waals surface area contributed by atoms with Crippen LogP contribution in [0.1, 0.15) is 17.5 Å². The van der Waals surface area contributed by atoms with Crippen molar-refractivity contribution in [1.29, 1.82) is 0 Å². The van der Waals surface area contributed by atoms with Gasteiger partial charge in [-0.3, -0.25) is 19.7 Å². The summed E-state index contributed by atoms with van der Waals surface area (Å²) in [6.45, 7) is -0.170. The summed E-state index contributed by atoms with van der Waals surface area (Å²) in [5, 5.41) is 25.4. The summed E-state index contributed by atoms with van der Waals surface area (Å²) >= 11 is 0. The number of aliphatic hydroxyl groups excluding tert-OH is 1. The van der Waals surface area contributed by atoms with Crippen LogP contribution < -0.4 is 16.4 Å². The summed E-state index contributed by atoms with van der Waals surface area (Å²) in [5.41, 5.74) is 6.58. The average Bonchev–Trinajstić information content (AvgIpc) is 2.76. The lowest BCUT2D eigenvalue weighted by Gasteiger charge is -2.17. The van der Waals surface area contributed by atoms with E-state index in [-0.39, 0.29) is 31.7 Å². The zero-order valence-electron chi connectivity index (χ0n) is 17.1. The zero-order valence-corrected chi connectivity index (χ0v) is 17.1. The molecule has 0 aromatic heterocycles. The Kier molecular flexibility index (Phi) is 9.11. The minimum absolute atomic E-state index is 0.0270. The van der Waals surface area contributed by atoms with Gasteiger partial charge >= 0.3 is 6.09 Å². The highest BCUT2D eigenvalue weighted by Crippen LogP contribution is 2.13. The third-order valence-corrected chi connectivity index (χ3v) is 4.38. The Morgan fingerprint density at radius 2 is 1.72 bits per heavy atom. The molecule has 3 amide bonds. The van der Waals surface area contributed by atoms with Crippen molar-refractivity contribution < 1.29 is 29.2 Å². The Labute approximate surface area is 183 Å². The summed E-state index contributed by atoms with van der Waals surface area (Å²) < 4.78 is 5.00. The van der Waals surface area contributed by atoms with Crippen LogP contribution in [-0.4, -0.2) is 46.6 Å². The molecule has 0 heterocycles. The molecular weight excluding hydrogens is 420 g/mol. The molecule has 11 heteroatoms. The summed E-state index contributed by atoms with van der Waals surface area (Å²) in [6, 6.07) is 13.4. The maximum absolute atomic E-state index is 12.1. The van der Waals surface area contributed by atoms with Crippen LogP contribution in [0.25, 0.3) is 0 Å². The Morgan fingerprint density at radius 1 is 1.06 bits per heavy atom. The molecule has 0 aliphatic heterocycles. The number of rotatable bonds is 11. The van der Waals surface area contributed by atoms with Crippen LogP contribution in [0.15, 0.2) is 54.6 Å². The first-order valence-corrected chi connectivity index (χ1v) is 9.69. The Balaban J connectivity index is 1.76. The maximum Gasteiger partial charge on any atom is 0.407 e. The highest BCUT2D eigenvalue weighted by Gasteiger charge is 2.21. The van der Waals surface area contributed by atoms with E-state index in [1.54, 1.807) is 24.3 Å². The van der Waals surface area contributed by atoms with Gasteiger partial charge in [0.1, 0.15) is 12.6 Å². The van der Waals surface area contributed by atoms with Crippen molar-refractivity contribution in [1.82, 2.24) is 10.6 Å². The maximum atomic E-state index is 12.1. The second-order valence-electron chi connectivity index (χ2n) is 6.95. The van der Waals surface area contributed by atoms with Crippen LogP contribution in [0.3, 0.4) is 0 Å². The number of nitrogens with zero attached hydrogens (tertiary/aromatic N) is 1. The number of hydrogen-bond acceptors (Lipinski definition) is 7. The number of aliphatic hydroxyl groups is 1. The molecule has 32 heavy (non-hydrogen) atoms. The number of non-ortho nitro benzene ring substituents is 1. The fraction of sp³-hybridized carbons (Fsp3) is 0.286. The minimum atomic E-state index is -1.22. The first-order valence-electron chi connectivity index (χ1n) is 9.69. The van der Waals surface area contributed by atoms with Gasteiger partial charge in [0.2, 0.25) is 11.8 Å². The molecule has 11 nitrogen and oxygen atoms in total. The second-order valence-corrected chi connectivity index (χ2v) is 6.95. The van der Waals surface area contributed by atoms with Gasteiger partial charge in [0.25, 0.3) is 5.69 Å². The molecule has 2 rings (SSSR count). The predicted molar refractivity (Wildman–Crippen MR) is 113 cm³/mol. The molecule has 170 valence electrons. The zero-order chi connectivity index (χ0) is 23.5. The minimum Gasteiger partial charge on any atom is -0.445 e. The van der Waals surface area contributed by atoms with Gasteiger partial charge in [-0.2, -0.15) is 0 Å². The van der Waals surface area contributed by atoms with Crippen LogP contribution in [0.5, 0.6) is 0 Å². The molecule has 0 saturated heterocycles. The molecular formula is C21H24N4O7. The van der Waals surface area contributed by atoms with Gasteiger partial charge in [-0.25, -0.2) is 4.79 Å². The molecule has 0 fully saturated rings. The standard InChI is InChI=1S/C21H24N4O7/c22-20(28)18(10-14-6-8-16(9-7-14)25(30)31)24-19(27)11-17(26)12-23-21(29)32-13-15-4-2-1-3-5-15/h1-9,17-18,26H,10-13H2,(H2,22,28)(H,23,29)(H,24,27)/t17-,18+/m0/s1. The van der Waals surface area contributed by atoms with Crippen LogP contribution >= 0.6 is 0 Å². The molecule has 2 aromatic rings. The van der Waals surface area contributed by atoms with E-state index >= 15 is 0 Å². The monoisotopic (exact) mass is 444 g/mol. The van der Waals surface area contributed by atoms with E-state index in [2.05, 4.69) is 10.6 Å². The van der Waals surface area contributed by atoms with Gasteiger partial charge in [0, 0.05) is 25.1 Å². The number of hydrogen-bond donors (Lipinski definition) is 4. The highest BCUT2D eigenvalue weighted by atomic mass is 16.6. The molecule has 2 atom stereocenters. The highest BCUT2D eigenvalue weighted by molar-refractivity contribution is 5.87. The summed E-state index contributed by atoms with van der Waals surface area (Å²) in [6.07, 6.45) is -2.32.